The molecule has 1 rings (SSSR count). The van der Waals surface area contributed by atoms with E-state index >= 15 is 0 Å². The number of hydrogen-bond donors (Lipinski definition) is 3. The Labute approximate surface area is 112 Å². The second kappa shape index (κ2) is 6.96. The van der Waals surface area contributed by atoms with Gasteiger partial charge in [-0.25, -0.2) is 4.79 Å². The minimum Gasteiger partial charge on any atom is -0.481 e. The molecule has 0 aromatic rings. The maximum Gasteiger partial charge on any atom is 0.315 e. The van der Waals surface area contributed by atoms with Gasteiger partial charge in [0.1, 0.15) is 0 Å². The number of likely N-dealkylation sites (N-methyl/N-ethyl adjacent to an activating group) is 1. The average molecular weight is 271 g/mol. The van der Waals surface area contributed by atoms with Gasteiger partial charge in [0.05, 0.1) is 5.92 Å². The van der Waals surface area contributed by atoms with E-state index < -0.39 is 11.9 Å². The molecule has 0 aromatic carbocycles. The Morgan fingerprint density at radius 3 is 2.79 bits per heavy atom. The van der Waals surface area contributed by atoms with Crippen LogP contribution in [-0.2, 0) is 9.59 Å². The van der Waals surface area contributed by atoms with Crippen molar-refractivity contribution in [3.8, 4) is 0 Å². The summed E-state index contributed by atoms with van der Waals surface area (Å²) in [5.74, 6) is -1.25. The predicted octanol–water partition coefficient (Wildman–Crippen LogP) is 0.0172. The van der Waals surface area contributed by atoms with E-state index in [2.05, 4.69) is 10.6 Å². The quantitative estimate of drug-likeness (QED) is 0.656. The van der Waals surface area contributed by atoms with Crippen molar-refractivity contribution in [2.45, 2.75) is 32.2 Å². The third kappa shape index (κ3) is 5.15. The lowest BCUT2D eigenvalue weighted by molar-refractivity contribution is -0.141. The molecule has 0 saturated carbocycles. The highest BCUT2D eigenvalue weighted by Gasteiger charge is 2.23. The summed E-state index contributed by atoms with van der Waals surface area (Å²) >= 11 is 0. The zero-order valence-corrected chi connectivity index (χ0v) is 11.3. The number of hydrogen-bond acceptors (Lipinski definition) is 3. The topological polar surface area (TPSA) is 98.7 Å². The van der Waals surface area contributed by atoms with Crippen molar-refractivity contribution in [1.82, 2.24) is 15.5 Å². The Morgan fingerprint density at radius 1 is 1.53 bits per heavy atom. The van der Waals surface area contributed by atoms with E-state index in [9.17, 15) is 14.4 Å². The lowest BCUT2D eigenvalue weighted by atomic mass is 10.1. The summed E-state index contributed by atoms with van der Waals surface area (Å²) in [5, 5.41) is 14.1. The lowest BCUT2D eigenvalue weighted by Gasteiger charge is -2.30. The molecular weight excluding hydrogens is 250 g/mol. The fourth-order valence-electron chi connectivity index (χ4n) is 1.89. The van der Waals surface area contributed by atoms with E-state index in [0.29, 0.717) is 32.4 Å². The summed E-state index contributed by atoms with van der Waals surface area (Å²) in [7, 11) is 1.71. The van der Waals surface area contributed by atoms with Gasteiger partial charge in [0, 0.05) is 32.6 Å². The maximum absolute atomic E-state index is 11.6. The van der Waals surface area contributed by atoms with Crippen molar-refractivity contribution >= 4 is 17.9 Å². The number of carbonyl (C=O) groups is 3. The third-order valence-electron chi connectivity index (χ3n) is 3.25. The summed E-state index contributed by atoms with van der Waals surface area (Å²) in [4.78, 5) is 35.0. The molecule has 1 aliphatic rings. The first kappa shape index (κ1) is 15.3. The molecule has 1 fully saturated rings. The van der Waals surface area contributed by atoms with Gasteiger partial charge in [0.2, 0.25) is 5.91 Å². The van der Waals surface area contributed by atoms with Gasteiger partial charge in [-0.15, -0.1) is 0 Å². The highest BCUT2D eigenvalue weighted by Crippen LogP contribution is 2.09. The first-order valence-electron chi connectivity index (χ1n) is 6.41. The number of piperidine rings is 1. The molecule has 108 valence electrons. The predicted molar refractivity (Wildman–Crippen MR) is 68.6 cm³/mol. The van der Waals surface area contributed by atoms with E-state index in [1.165, 1.54) is 0 Å². The van der Waals surface area contributed by atoms with Crippen LogP contribution in [0.15, 0.2) is 0 Å². The molecule has 0 aliphatic carbocycles. The number of amides is 3. The normalized spacial score (nSPS) is 20.8. The Morgan fingerprint density at radius 2 is 2.21 bits per heavy atom. The maximum atomic E-state index is 11.6. The summed E-state index contributed by atoms with van der Waals surface area (Å²) in [6, 6.07) is -0.357. The molecule has 7 heteroatoms. The fourth-order valence-corrected chi connectivity index (χ4v) is 1.89. The van der Waals surface area contributed by atoms with Crippen molar-refractivity contribution < 1.29 is 19.5 Å². The number of likely N-dealkylation sites (tertiary alicyclic amines) is 1. The van der Waals surface area contributed by atoms with E-state index in [1.54, 1.807) is 18.9 Å². The van der Waals surface area contributed by atoms with Crippen LogP contribution in [0.3, 0.4) is 0 Å². The van der Waals surface area contributed by atoms with Gasteiger partial charge in [-0.1, -0.05) is 6.92 Å². The van der Waals surface area contributed by atoms with Crippen LogP contribution in [0.5, 0.6) is 0 Å². The van der Waals surface area contributed by atoms with Crippen LogP contribution in [0, 0.1) is 5.92 Å². The number of carbonyl (C=O) groups excluding carboxylic acids is 2. The van der Waals surface area contributed by atoms with Gasteiger partial charge < -0.3 is 20.6 Å². The highest BCUT2D eigenvalue weighted by atomic mass is 16.4. The number of urea groups is 1. The minimum atomic E-state index is -0.866. The first-order valence-corrected chi connectivity index (χ1v) is 6.41. The van der Waals surface area contributed by atoms with Crippen molar-refractivity contribution in [2.75, 3.05) is 20.1 Å². The van der Waals surface area contributed by atoms with Crippen LogP contribution >= 0.6 is 0 Å². The van der Waals surface area contributed by atoms with Crippen LogP contribution < -0.4 is 10.6 Å². The van der Waals surface area contributed by atoms with Crippen molar-refractivity contribution in [3.63, 3.8) is 0 Å². The van der Waals surface area contributed by atoms with Gasteiger partial charge in [-0.2, -0.15) is 0 Å². The van der Waals surface area contributed by atoms with Crippen molar-refractivity contribution in [2.24, 2.45) is 5.92 Å². The van der Waals surface area contributed by atoms with Crippen molar-refractivity contribution in [1.29, 1.82) is 0 Å². The molecule has 3 N–H and O–H groups in total. The summed E-state index contributed by atoms with van der Waals surface area (Å²) in [5.41, 5.74) is 0. The number of rotatable bonds is 5. The zero-order valence-electron chi connectivity index (χ0n) is 11.3. The van der Waals surface area contributed by atoms with Gasteiger partial charge >= 0.3 is 12.0 Å². The van der Waals surface area contributed by atoms with Gasteiger partial charge in [-0.05, 0) is 12.8 Å². The molecule has 0 aromatic heterocycles. The number of aliphatic carboxylic acids is 1. The van der Waals surface area contributed by atoms with E-state index in [-0.39, 0.29) is 18.0 Å². The van der Waals surface area contributed by atoms with Crippen LogP contribution in [0.1, 0.15) is 26.2 Å². The molecule has 0 spiro atoms. The largest absolute Gasteiger partial charge is 0.481 e. The fraction of sp³-hybridized carbons (Fsp3) is 0.750. The number of nitrogens with zero attached hydrogens (tertiary/aromatic N) is 1. The van der Waals surface area contributed by atoms with Gasteiger partial charge in [0.15, 0.2) is 0 Å². The van der Waals surface area contributed by atoms with Crippen LogP contribution in [0.2, 0.25) is 0 Å². The van der Waals surface area contributed by atoms with Crippen LogP contribution in [0.25, 0.3) is 0 Å². The molecule has 19 heavy (non-hydrogen) atoms. The molecule has 3 amide bonds. The third-order valence-corrected chi connectivity index (χ3v) is 3.25. The number of carboxylic acids is 1. The van der Waals surface area contributed by atoms with E-state index in [1.807, 2.05) is 0 Å². The Kier molecular flexibility index (Phi) is 5.59. The number of carboxylic acid groups (broad SMARTS) is 1. The molecule has 2 atom stereocenters. The summed E-state index contributed by atoms with van der Waals surface area (Å²) in [6.07, 6.45) is 1.48. The standard InChI is InChI=1S/C12H21N3O4/c1-8(11(17)18)5-6-13-12(19)14-9-3-4-10(16)15(2)7-9/h8-9H,3-7H2,1-2H3,(H,17,18)(H2,13,14,19). The Bertz CT molecular complexity index is 359. The van der Waals surface area contributed by atoms with Crippen LogP contribution in [0.4, 0.5) is 4.79 Å². The number of nitrogens with one attached hydrogen (secondary N) is 2. The summed E-state index contributed by atoms with van der Waals surface area (Å²) in [6.45, 7) is 2.43. The molecule has 2 unspecified atom stereocenters. The molecular formula is C12H21N3O4. The first-order chi connectivity index (χ1) is 8.90. The molecule has 1 saturated heterocycles. The van der Waals surface area contributed by atoms with Crippen LogP contribution in [-0.4, -0.2) is 54.1 Å². The van der Waals surface area contributed by atoms with E-state index in [4.69, 9.17) is 5.11 Å². The smallest absolute Gasteiger partial charge is 0.315 e. The minimum absolute atomic E-state index is 0.0420. The zero-order chi connectivity index (χ0) is 14.4. The summed E-state index contributed by atoms with van der Waals surface area (Å²) < 4.78 is 0. The second-order valence-corrected chi connectivity index (χ2v) is 4.94. The SMILES string of the molecule is CC(CCNC(=O)NC1CCC(=O)N(C)C1)C(=O)O. The van der Waals surface area contributed by atoms with E-state index in [0.717, 1.165) is 0 Å². The van der Waals surface area contributed by atoms with Crippen molar-refractivity contribution in [3.05, 3.63) is 0 Å². The van der Waals surface area contributed by atoms with Gasteiger partial charge in [0.25, 0.3) is 0 Å². The highest BCUT2D eigenvalue weighted by molar-refractivity contribution is 5.78. The lowest BCUT2D eigenvalue weighted by Crippen LogP contribution is -2.51. The molecule has 1 heterocycles. The Hall–Kier alpha value is -1.79. The molecule has 0 radical (unpaired) electrons. The Balaban J connectivity index is 2.21. The molecule has 7 nitrogen and oxygen atoms in total. The monoisotopic (exact) mass is 271 g/mol. The molecule has 1 aliphatic heterocycles. The average Bonchev–Trinajstić information content (AvgIpc) is 2.33. The molecule has 0 bridgehead atoms. The van der Waals surface area contributed by atoms with Gasteiger partial charge in [-0.3, -0.25) is 9.59 Å². The second-order valence-electron chi connectivity index (χ2n) is 4.94.